The Morgan fingerprint density at radius 3 is 2.77 bits per heavy atom. The van der Waals surface area contributed by atoms with Gasteiger partial charge >= 0.3 is 6.03 Å². The van der Waals surface area contributed by atoms with Crippen LogP contribution in [-0.2, 0) is 6.42 Å². The van der Waals surface area contributed by atoms with Gasteiger partial charge in [0.25, 0.3) is 0 Å². The molecule has 1 heterocycles. The fourth-order valence-corrected chi connectivity index (χ4v) is 3.34. The van der Waals surface area contributed by atoms with Crippen LogP contribution in [0.5, 0.6) is 0 Å². The van der Waals surface area contributed by atoms with Crippen molar-refractivity contribution >= 4 is 29.2 Å². The van der Waals surface area contributed by atoms with Crippen LogP contribution >= 0.6 is 23.2 Å². The molecule has 1 aromatic rings. The van der Waals surface area contributed by atoms with E-state index in [1.807, 2.05) is 6.92 Å². The Bertz CT molecular complexity index is 505. The second-order valence-corrected chi connectivity index (χ2v) is 6.71. The van der Waals surface area contributed by atoms with E-state index >= 15 is 0 Å². The molecule has 4 nitrogen and oxygen atoms in total. The number of piperidine rings is 1. The quantitative estimate of drug-likeness (QED) is 0.879. The normalized spacial score (nSPS) is 19.8. The molecule has 1 fully saturated rings. The maximum absolute atomic E-state index is 12.3. The molecular weight excluding hydrogens is 323 g/mol. The molecule has 2 rings (SSSR count). The van der Waals surface area contributed by atoms with Crippen molar-refractivity contribution in [3.05, 3.63) is 33.8 Å². The van der Waals surface area contributed by atoms with Crippen molar-refractivity contribution in [3.8, 4) is 0 Å². The van der Waals surface area contributed by atoms with Crippen molar-refractivity contribution in [1.82, 2.24) is 10.2 Å². The predicted molar refractivity (Wildman–Crippen MR) is 89.5 cm³/mol. The highest BCUT2D eigenvalue weighted by Gasteiger charge is 2.24. The number of rotatable bonds is 4. The molecule has 0 radical (unpaired) electrons. The van der Waals surface area contributed by atoms with Gasteiger partial charge in [0.05, 0.1) is 0 Å². The number of nitrogens with one attached hydrogen (secondary N) is 1. The van der Waals surface area contributed by atoms with Gasteiger partial charge in [-0.1, -0.05) is 29.3 Å². The Morgan fingerprint density at radius 2 is 2.14 bits per heavy atom. The van der Waals surface area contributed by atoms with Crippen molar-refractivity contribution in [2.45, 2.75) is 32.2 Å². The molecule has 22 heavy (non-hydrogen) atoms. The third kappa shape index (κ3) is 4.51. The number of aliphatic hydroxyl groups excluding tert-OH is 1. The third-order valence-electron chi connectivity index (χ3n) is 4.01. The molecule has 2 unspecified atom stereocenters. The van der Waals surface area contributed by atoms with E-state index in [-0.39, 0.29) is 24.6 Å². The van der Waals surface area contributed by atoms with E-state index < -0.39 is 0 Å². The van der Waals surface area contributed by atoms with E-state index in [1.165, 1.54) is 0 Å². The summed E-state index contributed by atoms with van der Waals surface area (Å²) in [6.45, 7) is 3.42. The first kappa shape index (κ1) is 17.4. The first-order chi connectivity index (χ1) is 10.5. The first-order valence-electron chi connectivity index (χ1n) is 7.60. The van der Waals surface area contributed by atoms with E-state index in [1.54, 1.807) is 23.1 Å². The van der Waals surface area contributed by atoms with E-state index in [0.717, 1.165) is 24.9 Å². The summed E-state index contributed by atoms with van der Waals surface area (Å²) < 4.78 is 0. The minimum Gasteiger partial charge on any atom is -0.396 e. The number of hydrogen-bond acceptors (Lipinski definition) is 2. The monoisotopic (exact) mass is 344 g/mol. The summed E-state index contributed by atoms with van der Waals surface area (Å²) in [6, 6.07) is 5.25. The fourth-order valence-electron chi connectivity index (χ4n) is 2.79. The van der Waals surface area contributed by atoms with Gasteiger partial charge in [-0.15, -0.1) is 0 Å². The van der Waals surface area contributed by atoms with Gasteiger partial charge in [0.15, 0.2) is 0 Å². The summed E-state index contributed by atoms with van der Waals surface area (Å²) in [5, 5.41) is 13.5. The molecule has 0 spiro atoms. The van der Waals surface area contributed by atoms with Gasteiger partial charge < -0.3 is 15.3 Å². The van der Waals surface area contributed by atoms with Crippen LogP contribution in [0.1, 0.15) is 25.3 Å². The van der Waals surface area contributed by atoms with E-state index in [0.29, 0.717) is 23.0 Å². The molecule has 0 bridgehead atoms. The Hall–Kier alpha value is -0.970. The lowest BCUT2D eigenvalue weighted by Crippen LogP contribution is -2.49. The Labute approximate surface area is 141 Å². The molecule has 2 N–H and O–H groups in total. The molecule has 0 aliphatic carbocycles. The number of halogens is 2. The van der Waals surface area contributed by atoms with E-state index in [9.17, 15) is 9.90 Å². The van der Waals surface area contributed by atoms with Crippen LogP contribution < -0.4 is 5.32 Å². The molecule has 2 amide bonds. The van der Waals surface area contributed by atoms with Crippen molar-refractivity contribution in [3.63, 3.8) is 0 Å². The molecule has 0 saturated carbocycles. The number of nitrogens with zero attached hydrogens (tertiary/aromatic N) is 1. The standard InChI is InChI=1S/C16H22Cl2N2O2/c1-11(8-13-14(17)5-2-6-15(13)18)19-16(22)20-7-3-4-12(9-20)10-21/h2,5-6,11-12,21H,3-4,7-10H2,1H3,(H,19,22). The van der Waals surface area contributed by atoms with Crippen LogP contribution in [-0.4, -0.2) is 41.8 Å². The highest BCUT2D eigenvalue weighted by Crippen LogP contribution is 2.25. The molecule has 1 aromatic carbocycles. The molecule has 0 aromatic heterocycles. The van der Waals surface area contributed by atoms with Crippen LogP contribution in [0, 0.1) is 5.92 Å². The van der Waals surface area contributed by atoms with Crippen molar-refractivity contribution in [1.29, 1.82) is 0 Å². The SMILES string of the molecule is CC(Cc1c(Cl)cccc1Cl)NC(=O)N1CCCC(CO)C1. The van der Waals surface area contributed by atoms with Crippen molar-refractivity contribution in [2.24, 2.45) is 5.92 Å². The Balaban J connectivity index is 1.91. The molecule has 1 aliphatic heterocycles. The van der Waals surface area contributed by atoms with Crippen LogP contribution in [0.25, 0.3) is 0 Å². The van der Waals surface area contributed by atoms with E-state index in [4.69, 9.17) is 23.2 Å². The molecule has 2 atom stereocenters. The molecule has 1 aliphatic rings. The summed E-state index contributed by atoms with van der Waals surface area (Å²) in [6.07, 6.45) is 2.50. The van der Waals surface area contributed by atoms with Crippen molar-refractivity contribution in [2.75, 3.05) is 19.7 Å². The van der Waals surface area contributed by atoms with Crippen molar-refractivity contribution < 1.29 is 9.90 Å². The van der Waals surface area contributed by atoms with Crippen LogP contribution in [0.2, 0.25) is 10.0 Å². The molecule has 122 valence electrons. The number of carbonyl (C=O) groups is 1. The zero-order valence-electron chi connectivity index (χ0n) is 12.7. The highest BCUT2D eigenvalue weighted by molar-refractivity contribution is 6.36. The number of benzene rings is 1. The van der Waals surface area contributed by atoms with Gasteiger partial charge in [-0.3, -0.25) is 0 Å². The van der Waals surface area contributed by atoms with Gasteiger partial charge in [0.2, 0.25) is 0 Å². The summed E-state index contributed by atoms with van der Waals surface area (Å²) in [5.74, 6) is 0.188. The number of amides is 2. The maximum Gasteiger partial charge on any atom is 0.317 e. The average Bonchev–Trinajstić information content (AvgIpc) is 2.51. The predicted octanol–water partition coefficient (Wildman–Crippen LogP) is 3.34. The van der Waals surface area contributed by atoms with Crippen LogP contribution in [0.4, 0.5) is 4.79 Å². The van der Waals surface area contributed by atoms with E-state index in [2.05, 4.69) is 5.32 Å². The van der Waals surface area contributed by atoms with Gasteiger partial charge in [-0.25, -0.2) is 4.79 Å². The Morgan fingerprint density at radius 1 is 1.45 bits per heavy atom. The zero-order chi connectivity index (χ0) is 16.1. The van der Waals surface area contributed by atoms with Gasteiger partial charge in [-0.05, 0) is 49.8 Å². The zero-order valence-corrected chi connectivity index (χ0v) is 14.2. The lowest BCUT2D eigenvalue weighted by molar-refractivity contribution is 0.128. The topological polar surface area (TPSA) is 52.6 Å². The molecular formula is C16H22Cl2N2O2. The minimum atomic E-state index is -0.0890. The Kier molecular flexibility index (Phi) is 6.36. The number of aliphatic hydroxyl groups is 1. The van der Waals surface area contributed by atoms with Crippen LogP contribution in [0.3, 0.4) is 0 Å². The summed E-state index contributed by atoms with van der Waals surface area (Å²) >= 11 is 12.3. The van der Waals surface area contributed by atoms with Crippen LogP contribution in [0.15, 0.2) is 18.2 Å². The minimum absolute atomic E-state index is 0.0700. The second kappa shape index (κ2) is 8.04. The van der Waals surface area contributed by atoms with Gasteiger partial charge in [-0.2, -0.15) is 0 Å². The molecule has 1 saturated heterocycles. The first-order valence-corrected chi connectivity index (χ1v) is 8.36. The summed E-state index contributed by atoms with van der Waals surface area (Å²) in [7, 11) is 0. The lowest BCUT2D eigenvalue weighted by atomic mass is 9.99. The molecule has 6 heteroatoms. The summed E-state index contributed by atoms with van der Waals surface area (Å²) in [5.41, 5.74) is 0.852. The highest BCUT2D eigenvalue weighted by atomic mass is 35.5. The smallest absolute Gasteiger partial charge is 0.317 e. The third-order valence-corrected chi connectivity index (χ3v) is 4.71. The maximum atomic E-state index is 12.3. The largest absolute Gasteiger partial charge is 0.396 e. The van der Waals surface area contributed by atoms with Gasteiger partial charge in [0.1, 0.15) is 0 Å². The lowest BCUT2D eigenvalue weighted by Gasteiger charge is -2.32. The average molecular weight is 345 g/mol. The fraction of sp³-hybridized carbons (Fsp3) is 0.562. The van der Waals surface area contributed by atoms with Gasteiger partial charge in [0, 0.05) is 35.8 Å². The summed E-state index contributed by atoms with van der Waals surface area (Å²) in [4.78, 5) is 14.1. The second-order valence-electron chi connectivity index (χ2n) is 5.89. The number of urea groups is 1. The number of hydrogen-bond donors (Lipinski definition) is 2. The number of likely N-dealkylation sites (tertiary alicyclic amines) is 1. The number of carbonyl (C=O) groups excluding carboxylic acids is 1.